The lowest BCUT2D eigenvalue weighted by molar-refractivity contribution is -0.130. The Kier molecular flexibility index (Phi) is 5.70. The minimum atomic E-state index is 0.162. The van der Waals surface area contributed by atoms with Crippen molar-refractivity contribution < 1.29 is 14.3 Å². The fourth-order valence-electron chi connectivity index (χ4n) is 2.81. The summed E-state index contributed by atoms with van der Waals surface area (Å²) in [6, 6.07) is 7.73. The van der Waals surface area contributed by atoms with Gasteiger partial charge in [-0.1, -0.05) is 12.1 Å². The molecule has 1 aliphatic carbocycles. The maximum absolute atomic E-state index is 12.2. The third-order valence-electron chi connectivity index (χ3n) is 4.43. The number of methoxy groups -OCH3 is 1. The number of likely N-dealkylation sites (tertiary alicyclic amines) is 1. The normalized spacial score (nSPS) is 18.7. The first-order valence-electron chi connectivity index (χ1n) is 8.41. The second-order valence-corrected chi connectivity index (χ2v) is 7.34. The van der Waals surface area contributed by atoms with E-state index in [9.17, 15) is 4.79 Å². The Labute approximate surface area is 142 Å². The van der Waals surface area contributed by atoms with Crippen LogP contribution in [0.4, 0.5) is 0 Å². The Hall–Kier alpha value is -1.36. The number of amides is 1. The van der Waals surface area contributed by atoms with E-state index in [-0.39, 0.29) is 12.0 Å². The highest BCUT2D eigenvalue weighted by Crippen LogP contribution is 2.32. The van der Waals surface area contributed by atoms with Gasteiger partial charge in [-0.2, -0.15) is 11.8 Å². The van der Waals surface area contributed by atoms with Gasteiger partial charge in [-0.05, 0) is 36.6 Å². The number of para-hydroxylation sites is 2. The molecule has 126 valence electrons. The maximum atomic E-state index is 12.2. The smallest absolute Gasteiger partial charge is 0.232 e. The van der Waals surface area contributed by atoms with E-state index >= 15 is 0 Å². The summed E-state index contributed by atoms with van der Waals surface area (Å²) in [7, 11) is 1.66. The Bertz CT molecular complexity index is 525. The number of hydrogen-bond donors (Lipinski definition) is 0. The average Bonchev–Trinajstić information content (AvgIpc) is 3.40. The van der Waals surface area contributed by atoms with Crippen molar-refractivity contribution in [3.05, 3.63) is 24.3 Å². The van der Waals surface area contributed by atoms with Gasteiger partial charge in [-0.3, -0.25) is 4.79 Å². The molecule has 1 aliphatic heterocycles. The third-order valence-corrected chi connectivity index (χ3v) is 5.59. The Morgan fingerprint density at radius 1 is 1.17 bits per heavy atom. The number of thioether (sulfide) groups is 1. The molecule has 4 nitrogen and oxygen atoms in total. The van der Waals surface area contributed by atoms with Crippen molar-refractivity contribution in [1.29, 1.82) is 0 Å². The van der Waals surface area contributed by atoms with E-state index in [1.807, 2.05) is 29.2 Å². The monoisotopic (exact) mass is 335 g/mol. The molecule has 1 saturated carbocycles. The van der Waals surface area contributed by atoms with Crippen molar-refractivity contribution in [3.8, 4) is 11.5 Å². The number of piperidine rings is 1. The van der Waals surface area contributed by atoms with E-state index in [0.29, 0.717) is 5.75 Å². The van der Waals surface area contributed by atoms with Gasteiger partial charge in [0.25, 0.3) is 0 Å². The first-order chi connectivity index (χ1) is 11.3. The summed E-state index contributed by atoms with van der Waals surface area (Å²) in [4.78, 5) is 14.2. The van der Waals surface area contributed by atoms with Gasteiger partial charge in [0.15, 0.2) is 11.5 Å². The largest absolute Gasteiger partial charge is 0.493 e. The summed E-state index contributed by atoms with van der Waals surface area (Å²) < 4.78 is 11.4. The minimum Gasteiger partial charge on any atom is -0.493 e. The van der Waals surface area contributed by atoms with Crippen LogP contribution in [-0.2, 0) is 4.79 Å². The second-order valence-electron chi connectivity index (χ2n) is 6.31. The van der Waals surface area contributed by atoms with Crippen LogP contribution in [0.25, 0.3) is 0 Å². The molecule has 0 radical (unpaired) electrons. The van der Waals surface area contributed by atoms with Gasteiger partial charge < -0.3 is 14.4 Å². The predicted octanol–water partition coefficient (Wildman–Crippen LogP) is 3.21. The summed E-state index contributed by atoms with van der Waals surface area (Å²) in [5, 5.41) is 0. The van der Waals surface area contributed by atoms with E-state index in [0.717, 1.165) is 49.1 Å². The molecular weight excluding hydrogens is 310 g/mol. The average molecular weight is 335 g/mol. The van der Waals surface area contributed by atoms with Crippen molar-refractivity contribution in [2.24, 2.45) is 5.92 Å². The molecule has 1 amide bonds. The van der Waals surface area contributed by atoms with E-state index < -0.39 is 0 Å². The number of rotatable bonds is 7. The number of nitrogens with zero attached hydrogens (tertiary/aromatic N) is 1. The number of ether oxygens (including phenoxy) is 2. The molecule has 0 unspecified atom stereocenters. The molecule has 5 heteroatoms. The van der Waals surface area contributed by atoms with Crippen LogP contribution >= 0.6 is 11.8 Å². The standard InChI is InChI=1S/C18H25NO3S/c1-21-16-4-2-3-5-17(16)22-15-8-10-19(11-9-15)18(20)13-23-12-14-6-7-14/h2-5,14-15H,6-13H2,1H3. The van der Waals surface area contributed by atoms with E-state index in [1.165, 1.54) is 12.8 Å². The molecule has 0 bridgehead atoms. The third kappa shape index (κ3) is 4.80. The van der Waals surface area contributed by atoms with Crippen LogP contribution in [0.5, 0.6) is 11.5 Å². The topological polar surface area (TPSA) is 38.8 Å². The number of carbonyl (C=O) groups is 1. The molecule has 2 fully saturated rings. The van der Waals surface area contributed by atoms with Gasteiger partial charge >= 0.3 is 0 Å². The molecule has 1 heterocycles. The summed E-state index contributed by atoms with van der Waals surface area (Å²) in [6.07, 6.45) is 4.64. The van der Waals surface area contributed by atoms with Crippen molar-refractivity contribution >= 4 is 17.7 Å². The molecule has 0 N–H and O–H groups in total. The van der Waals surface area contributed by atoms with Gasteiger partial charge in [0.05, 0.1) is 12.9 Å². The zero-order valence-corrected chi connectivity index (χ0v) is 14.5. The highest BCUT2D eigenvalue weighted by molar-refractivity contribution is 7.99. The van der Waals surface area contributed by atoms with Crippen molar-refractivity contribution in [2.45, 2.75) is 31.8 Å². The summed E-state index contributed by atoms with van der Waals surface area (Å²) in [5.41, 5.74) is 0. The number of hydrogen-bond acceptors (Lipinski definition) is 4. The van der Waals surface area contributed by atoms with Gasteiger partial charge in [0.2, 0.25) is 5.91 Å². The molecule has 2 aliphatic rings. The maximum Gasteiger partial charge on any atom is 0.232 e. The fourth-order valence-corrected chi connectivity index (χ4v) is 3.95. The van der Waals surface area contributed by atoms with E-state index in [2.05, 4.69) is 0 Å². The van der Waals surface area contributed by atoms with Crippen LogP contribution in [0.2, 0.25) is 0 Å². The fraction of sp³-hybridized carbons (Fsp3) is 0.611. The quantitative estimate of drug-likeness (QED) is 0.767. The highest BCUT2D eigenvalue weighted by atomic mass is 32.2. The van der Waals surface area contributed by atoms with Gasteiger partial charge in [-0.15, -0.1) is 0 Å². The van der Waals surface area contributed by atoms with Crippen LogP contribution in [0.1, 0.15) is 25.7 Å². The molecule has 23 heavy (non-hydrogen) atoms. The van der Waals surface area contributed by atoms with Crippen LogP contribution in [0, 0.1) is 5.92 Å². The summed E-state index contributed by atoms with van der Waals surface area (Å²) in [6.45, 7) is 1.59. The van der Waals surface area contributed by atoms with Gasteiger partial charge in [0, 0.05) is 25.9 Å². The van der Waals surface area contributed by atoms with Crippen molar-refractivity contribution in [3.63, 3.8) is 0 Å². The molecule has 0 atom stereocenters. The Balaban J connectivity index is 1.41. The van der Waals surface area contributed by atoms with Crippen LogP contribution in [0.3, 0.4) is 0 Å². The molecule has 0 aromatic heterocycles. The van der Waals surface area contributed by atoms with Crippen LogP contribution < -0.4 is 9.47 Å². The predicted molar refractivity (Wildman–Crippen MR) is 93.3 cm³/mol. The molecule has 1 aromatic rings. The van der Waals surface area contributed by atoms with Gasteiger partial charge in [-0.25, -0.2) is 0 Å². The van der Waals surface area contributed by atoms with E-state index in [1.54, 1.807) is 18.9 Å². The molecule has 0 spiro atoms. The number of carbonyl (C=O) groups excluding carboxylic acids is 1. The lowest BCUT2D eigenvalue weighted by Crippen LogP contribution is -2.42. The Morgan fingerprint density at radius 3 is 2.52 bits per heavy atom. The van der Waals surface area contributed by atoms with Crippen molar-refractivity contribution in [1.82, 2.24) is 4.90 Å². The SMILES string of the molecule is COc1ccccc1OC1CCN(C(=O)CSCC2CC2)CC1. The molecular formula is C18H25NO3S. The zero-order chi connectivity index (χ0) is 16.1. The molecule has 1 saturated heterocycles. The first kappa shape index (κ1) is 16.5. The van der Waals surface area contributed by atoms with Crippen LogP contribution in [0.15, 0.2) is 24.3 Å². The zero-order valence-electron chi connectivity index (χ0n) is 13.7. The minimum absolute atomic E-state index is 0.162. The summed E-state index contributed by atoms with van der Waals surface area (Å²) in [5.74, 6) is 4.51. The summed E-state index contributed by atoms with van der Waals surface area (Å²) >= 11 is 1.79. The lowest BCUT2D eigenvalue weighted by Gasteiger charge is -2.32. The first-order valence-corrected chi connectivity index (χ1v) is 9.57. The Morgan fingerprint density at radius 2 is 1.87 bits per heavy atom. The number of benzene rings is 1. The second kappa shape index (κ2) is 7.95. The molecule has 1 aromatic carbocycles. The van der Waals surface area contributed by atoms with Crippen LogP contribution in [-0.4, -0.2) is 48.6 Å². The molecule has 3 rings (SSSR count). The van der Waals surface area contributed by atoms with Gasteiger partial charge in [0.1, 0.15) is 6.10 Å². The highest BCUT2D eigenvalue weighted by Gasteiger charge is 2.25. The van der Waals surface area contributed by atoms with Crippen molar-refractivity contribution in [2.75, 3.05) is 31.7 Å². The lowest BCUT2D eigenvalue weighted by atomic mass is 10.1. The van der Waals surface area contributed by atoms with E-state index in [4.69, 9.17) is 9.47 Å².